The van der Waals surface area contributed by atoms with Gasteiger partial charge in [0.15, 0.2) is 0 Å². The van der Waals surface area contributed by atoms with Gasteiger partial charge >= 0.3 is 16.2 Å². The Balaban J connectivity index is 2.08. The van der Waals surface area contributed by atoms with Crippen LogP contribution >= 0.6 is 0 Å². The van der Waals surface area contributed by atoms with E-state index >= 15 is 0 Å². The van der Waals surface area contributed by atoms with E-state index in [2.05, 4.69) is 25.3 Å². The molecule has 0 unspecified atom stereocenters. The predicted molar refractivity (Wildman–Crippen MR) is 99.7 cm³/mol. The van der Waals surface area contributed by atoms with E-state index in [0.29, 0.717) is 0 Å². The van der Waals surface area contributed by atoms with Gasteiger partial charge in [-0.3, -0.25) is 14.8 Å². The highest BCUT2D eigenvalue weighted by atomic mass is 32.2. The first-order chi connectivity index (χ1) is 13.3. The molecule has 0 saturated carbocycles. The average molecular weight is 410 g/mol. The molecule has 150 valence electrons. The topological polar surface area (TPSA) is 161 Å². The second kappa shape index (κ2) is 8.85. The summed E-state index contributed by atoms with van der Waals surface area (Å²) >= 11 is 0. The minimum Gasteiger partial charge on any atom is -0.481 e. The third-order valence-corrected chi connectivity index (χ3v) is 4.11. The van der Waals surface area contributed by atoms with Crippen LogP contribution < -0.4 is 29.6 Å². The lowest BCUT2D eigenvalue weighted by Crippen LogP contribution is -2.38. The fraction of sp³-hybridized carbons (Fsp3) is 0.200. The second-order valence-corrected chi connectivity index (χ2v) is 6.51. The van der Waals surface area contributed by atoms with Crippen LogP contribution in [0.4, 0.5) is 16.4 Å². The van der Waals surface area contributed by atoms with Gasteiger partial charge in [-0.05, 0) is 18.2 Å². The van der Waals surface area contributed by atoms with Crippen LogP contribution in [0.2, 0.25) is 0 Å². The van der Waals surface area contributed by atoms with Crippen molar-refractivity contribution in [1.29, 1.82) is 0 Å². The molecule has 0 atom stereocenters. The summed E-state index contributed by atoms with van der Waals surface area (Å²) in [6, 6.07) is 5.97. The van der Waals surface area contributed by atoms with Crippen molar-refractivity contribution in [3.8, 4) is 11.8 Å². The molecular weight excluding hydrogens is 392 g/mol. The third kappa shape index (κ3) is 5.70. The van der Waals surface area contributed by atoms with Gasteiger partial charge in [0.05, 0.1) is 26.0 Å². The van der Waals surface area contributed by atoms with Gasteiger partial charge in [-0.25, -0.2) is 9.52 Å². The first-order valence-corrected chi connectivity index (χ1v) is 9.15. The number of nitrogens with zero attached hydrogens (tertiary/aromatic N) is 2. The van der Waals surface area contributed by atoms with Gasteiger partial charge in [0.1, 0.15) is 0 Å². The number of ether oxygens (including phenoxy) is 2. The van der Waals surface area contributed by atoms with Crippen molar-refractivity contribution in [2.75, 3.05) is 31.3 Å². The minimum atomic E-state index is -4.30. The van der Waals surface area contributed by atoms with E-state index in [0.717, 1.165) is 0 Å². The number of carbonyl (C=O) groups is 2. The zero-order chi connectivity index (χ0) is 20.7. The van der Waals surface area contributed by atoms with Crippen molar-refractivity contribution in [3.05, 3.63) is 35.9 Å². The molecule has 1 aromatic carbocycles. The summed E-state index contributed by atoms with van der Waals surface area (Å²) in [5, 5.41) is 4.58. The molecule has 1 heterocycles. The van der Waals surface area contributed by atoms with E-state index in [9.17, 15) is 18.0 Å². The summed E-state index contributed by atoms with van der Waals surface area (Å²) in [4.78, 5) is 31.3. The molecule has 0 aliphatic heterocycles. The maximum absolute atomic E-state index is 12.1. The zero-order valence-corrected chi connectivity index (χ0v) is 16.0. The Hall–Kier alpha value is -3.61. The monoisotopic (exact) mass is 410 g/mol. The van der Waals surface area contributed by atoms with Gasteiger partial charge < -0.3 is 14.8 Å². The Morgan fingerprint density at radius 2 is 1.68 bits per heavy atom. The van der Waals surface area contributed by atoms with E-state index in [4.69, 9.17) is 9.47 Å². The van der Waals surface area contributed by atoms with Crippen LogP contribution in [-0.2, 0) is 10.2 Å². The first kappa shape index (κ1) is 20.7. The number of carbonyl (C=O) groups excluding carboxylic acids is 2. The normalized spacial score (nSPS) is 10.5. The maximum Gasteiger partial charge on any atom is 0.336 e. The van der Waals surface area contributed by atoms with E-state index < -0.39 is 22.1 Å². The first-order valence-electron chi connectivity index (χ1n) is 7.67. The summed E-state index contributed by atoms with van der Waals surface area (Å²) in [6.07, 6.45) is 0. The number of rotatable bonds is 7. The lowest BCUT2D eigenvalue weighted by Gasteiger charge is -2.11. The summed E-state index contributed by atoms with van der Waals surface area (Å²) < 4.78 is 38.0. The number of anilines is 2. The average Bonchev–Trinajstić information content (AvgIpc) is 2.66. The van der Waals surface area contributed by atoms with Gasteiger partial charge in [-0.1, -0.05) is 6.07 Å². The quantitative estimate of drug-likeness (QED) is 0.508. The number of nitrogens with one attached hydrogen (secondary N) is 4. The SMILES string of the molecule is CNC(=O)c1cccc(NS(=O)(=O)NC(=O)Nc2nc(OC)cc(OC)n2)c1. The van der Waals surface area contributed by atoms with Crippen LogP contribution in [0, 0.1) is 0 Å². The molecule has 3 amide bonds. The summed E-state index contributed by atoms with van der Waals surface area (Å²) in [6.45, 7) is 0. The van der Waals surface area contributed by atoms with Crippen LogP contribution in [0.15, 0.2) is 30.3 Å². The van der Waals surface area contributed by atoms with Crippen molar-refractivity contribution in [1.82, 2.24) is 20.0 Å². The van der Waals surface area contributed by atoms with Crippen LogP contribution in [0.25, 0.3) is 0 Å². The molecule has 2 aromatic rings. The van der Waals surface area contributed by atoms with Gasteiger partial charge in [0.25, 0.3) is 5.91 Å². The molecule has 0 radical (unpaired) electrons. The predicted octanol–water partition coefficient (Wildman–Crippen LogP) is 0.332. The van der Waals surface area contributed by atoms with Crippen molar-refractivity contribution in [3.63, 3.8) is 0 Å². The number of urea groups is 1. The van der Waals surface area contributed by atoms with Gasteiger partial charge in [0, 0.05) is 12.6 Å². The number of hydrogen-bond donors (Lipinski definition) is 4. The highest BCUT2D eigenvalue weighted by Crippen LogP contribution is 2.17. The molecular formula is C15H18N6O6S. The van der Waals surface area contributed by atoms with E-state index in [1.165, 1.54) is 51.6 Å². The highest BCUT2D eigenvalue weighted by molar-refractivity contribution is 7.91. The largest absolute Gasteiger partial charge is 0.481 e. The van der Waals surface area contributed by atoms with E-state index in [1.807, 2.05) is 0 Å². The minimum absolute atomic E-state index is 0.0840. The van der Waals surface area contributed by atoms with Gasteiger partial charge in [-0.15, -0.1) is 0 Å². The molecule has 4 N–H and O–H groups in total. The summed E-state index contributed by atoms with van der Waals surface area (Å²) in [5.41, 5.74) is 0.324. The van der Waals surface area contributed by atoms with Crippen LogP contribution in [0.3, 0.4) is 0 Å². The fourth-order valence-corrected chi connectivity index (χ4v) is 2.75. The molecule has 28 heavy (non-hydrogen) atoms. The standard InChI is InChI=1S/C15H18N6O6S/c1-16-13(22)9-5-4-6-10(7-9)20-28(24,25)21-15(23)19-14-17-11(26-2)8-12(18-14)27-3/h4-8,20H,1-3H3,(H,16,22)(H2,17,18,19,21,23). The Labute approximate surface area is 160 Å². The summed E-state index contributed by atoms with van der Waals surface area (Å²) in [5.74, 6) is -0.412. The molecule has 12 nitrogen and oxygen atoms in total. The Morgan fingerprint density at radius 1 is 1.04 bits per heavy atom. The maximum atomic E-state index is 12.1. The third-order valence-electron chi connectivity index (χ3n) is 3.15. The van der Waals surface area contributed by atoms with E-state index in [1.54, 1.807) is 4.72 Å². The fourth-order valence-electron chi connectivity index (χ4n) is 1.97. The molecule has 0 aliphatic carbocycles. The van der Waals surface area contributed by atoms with Crippen molar-refractivity contribution >= 4 is 33.8 Å². The van der Waals surface area contributed by atoms with Gasteiger partial charge in [-0.2, -0.15) is 18.4 Å². The molecule has 0 saturated heterocycles. The Bertz CT molecular complexity index is 958. The van der Waals surface area contributed by atoms with Crippen LogP contribution in [-0.4, -0.2) is 51.6 Å². The number of amides is 3. The molecule has 0 aliphatic rings. The van der Waals surface area contributed by atoms with E-state index in [-0.39, 0.29) is 29.0 Å². The Morgan fingerprint density at radius 3 is 2.25 bits per heavy atom. The van der Waals surface area contributed by atoms with Gasteiger partial charge in [0.2, 0.25) is 17.7 Å². The number of benzene rings is 1. The number of aromatic nitrogens is 2. The molecule has 0 spiro atoms. The molecule has 1 aromatic heterocycles. The van der Waals surface area contributed by atoms with Crippen molar-refractivity contribution < 1.29 is 27.5 Å². The smallest absolute Gasteiger partial charge is 0.336 e. The van der Waals surface area contributed by atoms with Crippen molar-refractivity contribution in [2.45, 2.75) is 0 Å². The molecule has 0 fully saturated rings. The zero-order valence-electron chi connectivity index (χ0n) is 15.1. The highest BCUT2D eigenvalue weighted by Gasteiger charge is 2.17. The molecule has 13 heteroatoms. The number of hydrogen-bond acceptors (Lipinski definition) is 8. The lowest BCUT2D eigenvalue weighted by atomic mass is 10.2. The lowest BCUT2D eigenvalue weighted by molar-refractivity contribution is 0.0963. The van der Waals surface area contributed by atoms with Crippen LogP contribution in [0.1, 0.15) is 10.4 Å². The van der Waals surface area contributed by atoms with Crippen molar-refractivity contribution in [2.24, 2.45) is 0 Å². The Kier molecular flexibility index (Phi) is 6.55. The molecule has 2 rings (SSSR count). The second-order valence-electron chi connectivity index (χ2n) is 5.10. The molecule has 0 bridgehead atoms. The number of methoxy groups -OCH3 is 2. The summed E-state index contributed by atoms with van der Waals surface area (Å²) in [7, 11) is -0.143. The van der Waals surface area contributed by atoms with Crippen LogP contribution in [0.5, 0.6) is 11.8 Å².